The van der Waals surface area contributed by atoms with Gasteiger partial charge in [0.05, 0.1) is 18.8 Å². The predicted molar refractivity (Wildman–Crippen MR) is 64.5 cm³/mol. The van der Waals surface area contributed by atoms with Gasteiger partial charge in [0, 0.05) is 25.2 Å². The zero-order valence-electron chi connectivity index (χ0n) is 10.1. The maximum atomic E-state index is 9.24. The van der Waals surface area contributed by atoms with E-state index < -0.39 is 5.41 Å². The lowest BCUT2D eigenvalue weighted by Gasteiger charge is -2.31. The molecule has 0 spiro atoms. The average molecular weight is 235 g/mol. The van der Waals surface area contributed by atoms with Crippen LogP contribution < -0.4 is 4.90 Å². The summed E-state index contributed by atoms with van der Waals surface area (Å²) in [5.41, 5.74) is -0.132. The van der Waals surface area contributed by atoms with Crippen LogP contribution >= 0.6 is 0 Å². The molecule has 0 amide bonds. The van der Waals surface area contributed by atoms with Crippen molar-refractivity contribution in [2.45, 2.75) is 6.92 Å². The van der Waals surface area contributed by atoms with Gasteiger partial charge in [-0.2, -0.15) is 5.26 Å². The monoisotopic (exact) mass is 235 g/mol. The van der Waals surface area contributed by atoms with Gasteiger partial charge in [0.25, 0.3) is 0 Å². The minimum atomic E-state index is -0.612. The fraction of sp³-hybridized carbons (Fsp3) is 0.500. The molecule has 2 N–H and O–H groups in total. The van der Waals surface area contributed by atoms with Gasteiger partial charge in [-0.3, -0.25) is 0 Å². The van der Waals surface area contributed by atoms with Gasteiger partial charge < -0.3 is 15.1 Å². The molecule has 0 fully saturated rings. The SMILES string of the molecule is CN(CC(C)(CO)CO)c1ncccc1C#N. The first-order valence-corrected chi connectivity index (χ1v) is 5.34. The molecule has 1 aromatic heterocycles. The number of nitrogens with zero attached hydrogens (tertiary/aromatic N) is 3. The van der Waals surface area contributed by atoms with Crippen LogP contribution in [0, 0.1) is 16.7 Å². The van der Waals surface area contributed by atoms with Crippen molar-refractivity contribution in [3.63, 3.8) is 0 Å². The molecule has 0 aliphatic carbocycles. The van der Waals surface area contributed by atoms with E-state index in [4.69, 9.17) is 5.26 Å². The highest BCUT2D eigenvalue weighted by Gasteiger charge is 2.25. The van der Waals surface area contributed by atoms with Crippen LogP contribution in [0.3, 0.4) is 0 Å². The third-order valence-corrected chi connectivity index (χ3v) is 2.65. The lowest BCUT2D eigenvalue weighted by atomic mass is 9.92. The fourth-order valence-corrected chi connectivity index (χ4v) is 1.59. The van der Waals surface area contributed by atoms with Gasteiger partial charge >= 0.3 is 0 Å². The number of nitriles is 1. The first kappa shape index (κ1) is 13.4. The Labute approximate surface area is 101 Å². The third-order valence-electron chi connectivity index (χ3n) is 2.65. The zero-order valence-corrected chi connectivity index (χ0v) is 10.1. The van der Waals surface area contributed by atoms with Crippen molar-refractivity contribution in [3.05, 3.63) is 23.9 Å². The molecule has 0 unspecified atom stereocenters. The number of hydrogen-bond donors (Lipinski definition) is 2. The second-order valence-corrected chi connectivity index (χ2v) is 4.47. The second kappa shape index (κ2) is 5.62. The fourth-order valence-electron chi connectivity index (χ4n) is 1.59. The molecule has 92 valence electrons. The van der Waals surface area contributed by atoms with Crippen molar-refractivity contribution < 1.29 is 10.2 Å². The van der Waals surface area contributed by atoms with Crippen LogP contribution in [0.2, 0.25) is 0 Å². The Hall–Kier alpha value is -1.64. The molecule has 0 aromatic carbocycles. The molecule has 1 heterocycles. The van der Waals surface area contributed by atoms with E-state index in [2.05, 4.69) is 11.1 Å². The first-order chi connectivity index (χ1) is 8.06. The summed E-state index contributed by atoms with van der Waals surface area (Å²) in [5, 5.41) is 27.4. The van der Waals surface area contributed by atoms with Crippen LogP contribution in [0.5, 0.6) is 0 Å². The van der Waals surface area contributed by atoms with Gasteiger partial charge in [-0.05, 0) is 12.1 Å². The van der Waals surface area contributed by atoms with E-state index in [1.165, 1.54) is 0 Å². The normalized spacial score (nSPS) is 11.0. The number of rotatable bonds is 5. The van der Waals surface area contributed by atoms with E-state index in [0.29, 0.717) is 17.9 Å². The molecule has 0 bridgehead atoms. The Balaban J connectivity index is 2.90. The average Bonchev–Trinajstić information content (AvgIpc) is 2.38. The van der Waals surface area contributed by atoms with Gasteiger partial charge in [-0.15, -0.1) is 0 Å². The van der Waals surface area contributed by atoms with Crippen LogP contribution in [0.4, 0.5) is 5.82 Å². The highest BCUT2D eigenvalue weighted by Crippen LogP contribution is 2.21. The molecule has 0 radical (unpaired) electrons. The Morgan fingerprint density at radius 1 is 1.47 bits per heavy atom. The van der Waals surface area contributed by atoms with E-state index in [1.807, 2.05) is 0 Å². The van der Waals surface area contributed by atoms with Gasteiger partial charge in [0.1, 0.15) is 11.9 Å². The smallest absolute Gasteiger partial charge is 0.146 e. The van der Waals surface area contributed by atoms with Gasteiger partial charge in [-0.25, -0.2) is 4.98 Å². The van der Waals surface area contributed by atoms with Crippen molar-refractivity contribution >= 4 is 5.82 Å². The number of hydrogen-bond acceptors (Lipinski definition) is 5. The van der Waals surface area contributed by atoms with E-state index >= 15 is 0 Å². The number of anilines is 1. The first-order valence-electron chi connectivity index (χ1n) is 5.34. The molecule has 5 nitrogen and oxygen atoms in total. The number of pyridine rings is 1. The minimum Gasteiger partial charge on any atom is -0.396 e. The minimum absolute atomic E-state index is 0.122. The maximum absolute atomic E-state index is 9.24. The van der Waals surface area contributed by atoms with Crippen molar-refractivity contribution in [2.75, 3.05) is 31.7 Å². The Morgan fingerprint density at radius 3 is 2.65 bits per heavy atom. The highest BCUT2D eigenvalue weighted by molar-refractivity contribution is 5.52. The molecule has 17 heavy (non-hydrogen) atoms. The Morgan fingerprint density at radius 2 is 2.12 bits per heavy atom. The molecule has 0 atom stereocenters. The molecule has 1 aromatic rings. The van der Waals surface area contributed by atoms with E-state index in [1.54, 1.807) is 37.2 Å². The Bertz CT molecular complexity index is 410. The zero-order chi connectivity index (χ0) is 12.9. The number of aromatic nitrogens is 1. The van der Waals surface area contributed by atoms with Crippen molar-refractivity contribution in [1.29, 1.82) is 5.26 Å². The second-order valence-electron chi connectivity index (χ2n) is 4.47. The molecular formula is C12H17N3O2. The Kier molecular flexibility index (Phi) is 4.44. The summed E-state index contributed by atoms with van der Waals surface area (Å²) in [6, 6.07) is 5.46. The molecular weight excluding hydrogens is 218 g/mol. The van der Waals surface area contributed by atoms with E-state index in [9.17, 15) is 10.2 Å². The molecule has 5 heteroatoms. The van der Waals surface area contributed by atoms with Crippen LogP contribution in [0.25, 0.3) is 0 Å². The van der Waals surface area contributed by atoms with Gasteiger partial charge in [0.15, 0.2) is 0 Å². The summed E-state index contributed by atoms with van der Waals surface area (Å²) >= 11 is 0. The molecule has 0 saturated carbocycles. The summed E-state index contributed by atoms with van der Waals surface area (Å²) in [6.45, 7) is 1.95. The molecule has 0 aliphatic rings. The quantitative estimate of drug-likeness (QED) is 0.771. The standard InChI is InChI=1S/C12H17N3O2/c1-12(8-16,9-17)7-15(2)11-10(6-13)4-3-5-14-11/h3-5,16-17H,7-9H2,1-2H3. The van der Waals surface area contributed by atoms with Crippen LogP contribution in [0.1, 0.15) is 12.5 Å². The maximum Gasteiger partial charge on any atom is 0.146 e. The van der Waals surface area contributed by atoms with Crippen LogP contribution in [-0.4, -0.2) is 42.0 Å². The summed E-state index contributed by atoms with van der Waals surface area (Å²) in [7, 11) is 1.78. The lowest BCUT2D eigenvalue weighted by Crippen LogP contribution is -2.39. The molecule has 1 rings (SSSR count). The summed E-state index contributed by atoms with van der Waals surface area (Å²) in [6.07, 6.45) is 1.61. The predicted octanol–water partition coefficient (Wildman–Crippen LogP) is 0.380. The molecule has 0 saturated heterocycles. The number of aliphatic hydroxyl groups is 2. The summed E-state index contributed by atoms with van der Waals surface area (Å²) in [5.74, 6) is 0.558. The van der Waals surface area contributed by atoms with E-state index in [0.717, 1.165) is 0 Å². The van der Waals surface area contributed by atoms with Crippen molar-refractivity contribution in [3.8, 4) is 6.07 Å². The van der Waals surface area contributed by atoms with Gasteiger partial charge in [0.2, 0.25) is 0 Å². The highest BCUT2D eigenvalue weighted by atomic mass is 16.3. The molecule has 0 aliphatic heterocycles. The lowest BCUT2D eigenvalue weighted by molar-refractivity contribution is 0.0761. The topological polar surface area (TPSA) is 80.4 Å². The largest absolute Gasteiger partial charge is 0.396 e. The van der Waals surface area contributed by atoms with Crippen LogP contribution in [-0.2, 0) is 0 Å². The van der Waals surface area contributed by atoms with Crippen molar-refractivity contribution in [1.82, 2.24) is 4.98 Å². The van der Waals surface area contributed by atoms with Crippen LogP contribution in [0.15, 0.2) is 18.3 Å². The van der Waals surface area contributed by atoms with Gasteiger partial charge in [-0.1, -0.05) is 6.92 Å². The van der Waals surface area contributed by atoms with Crippen molar-refractivity contribution in [2.24, 2.45) is 5.41 Å². The summed E-state index contributed by atoms with van der Waals surface area (Å²) < 4.78 is 0. The number of aliphatic hydroxyl groups excluding tert-OH is 2. The summed E-state index contributed by atoms with van der Waals surface area (Å²) in [4.78, 5) is 5.91. The third kappa shape index (κ3) is 3.16. The van der Waals surface area contributed by atoms with E-state index in [-0.39, 0.29) is 13.2 Å².